The standard InChI is InChI=1S/C8H16N6O/c1-2-3-4-10-8(13-9)11-5-7-12-6-15-14-7/h6H,2-5,9H2,1H3,(H2,10,11,13). The lowest BCUT2D eigenvalue weighted by atomic mass is 10.3. The molecule has 0 fully saturated rings. The Morgan fingerprint density at radius 3 is 3.13 bits per heavy atom. The van der Waals surface area contributed by atoms with Crippen molar-refractivity contribution in [2.24, 2.45) is 10.8 Å². The highest BCUT2D eigenvalue weighted by molar-refractivity contribution is 5.78. The molecular formula is C8H16N6O. The highest BCUT2D eigenvalue weighted by Crippen LogP contribution is 1.90. The second kappa shape index (κ2) is 6.77. The second-order valence-electron chi connectivity index (χ2n) is 2.94. The van der Waals surface area contributed by atoms with Crippen molar-refractivity contribution in [2.45, 2.75) is 26.3 Å². The molecule has 0 spiro atoms. The Bertz CT molecular complexity index is 283. The number of guanidine groups is 1. The number of aromatic nitrogens is 2. The number of hydrazine groups is 1. The van der Waals surface area contributed by atoms with Gasteiger partial charge in [0.15, 0.2) is 5.82 Å². The van der Waals surface area contributed by atoms with E-state index in [0.717, 1.165) is 19.4 Å². The van der Waals surface area contributed by atoms with Gasteiger partial charge in [0, 0.05) is 6.54 Å². The van der Waals surface area contributed by atoms with E-state index >= 15 is 0 Å². The van der Waals surface area contributed by atoms with E-state index in [0.29, 0.717) is 18.3 Å². The molecule has 0 amide bonds. The number of aliphatic imine (C=N–C) groups is 1. The molecule has 0 aliphatic heterocycles. The Morgan fingerprint density at radius 2 is 2.53 bits per heavy atom. The minimum absolute atomic E-state index is 0.342. The number of rotatable bonds is 5. The molecule has 1 rings (SSSR count). The monoisotopic (exact) mass is 212 g/mol. The summed E-state index contributed by atoms with van der Waals surface area (Å²) < 4.78 is 4.58. The summed E-state index contributed by atoms with van der Waals surface area (Å²) in [6, 6.07) is 0. The SMILES string of the molecule is CCCCNC(=NCc1ncon1)NN. The van der Waals surface area contributed by atoms with Crippen LogP contribution in [0.25, 0.3) is 0 Å². The fourth-order valence-electron chi connectivity index (χ4n) is 0.948. The average molecular weight is 212 g/mol. The molecule has 1 aromatic heterocycles. The molecule has 0 saturated heterocycles. The van der Waals surface area contributed by atoms with Crippen molar-refractivity contribution in [1.29, 1.82) is 0 Å². The highest BCUT2D eigenvalue weighted by Gasteiger charge is 1.98. The Balaban J connectivity index is 2.33. The van der Waals surface area contributed by atoms with Gasteiger partial charge in [-0.05, 0) is 6.42 Å². The maximum absolute atomic E-state index is 5.29. The molecule has 7 nitrogen and oxygen atoms in total. The van der Waals surface area contributed by atoms with Gasteiger partial charge >= 0.3 is 0 Å². The molecule has 0 unspecified atom stereocenters. The maximum Gasteiger partial charge on any atom is 0.213 e. The van der Waals surface area contributed by atoms with Gasteiger partial charge in [-0.15, -0.1) is 0 Å². The van der Waals surface area contributed by atoms with E-state index in [2.05, 4.69) is 37.3 Å². The zero-order valence-corrected chi connectivity index (χ0v) is 8.73. The highest BCUT2D eigenvalue weighted by atomic mass is 16.5. The van der Waals surface area contributed by atoms with Crippen molar-refractivity contribution in [3.63, 3.8) is 0 Å². The lowest BCUT2D eigenvalue weighted by Crippen LogP contribution is -2.42. The van der Waals surface area contributed by atoms with E-state index in [1.54, 1.807) is 0 Å². The normalized spacial score (nSPS) is 11.5. The first-order valence-corrected chi connectivity index (χ1v) is 4.87. The largest absolute Gasteiger partial charge is 0.355 e. The number of hydrogen-bond acceptors (Lipinski definition) is 5. The quantitative estimate of drug-likeness (QED) is 0.205. The average Bonchev–Trinajstić information content (AvgIpc) is 2.76. The first-order chi connectivity index (χ1) is 7.36. The molecule has 1 heterocycles. The van der Waals surface area contributed by atoms with Crippen molar-refractivity contribution < 1.29 is 4.52 Å². The minimum Gasteiger partial charge on any atom is -0.355 e. The minimum atomic E-state index is 0.342. The maximum atomic E-state index is 5.29. The van der Waals surface area contributed by atoms with Crippen molar-refractivity contribution >= 4 is 5.96 Å². The zero-order chi connectivity index (χ0) is 10.9. The van der Waals surface area contributed by atoms with Gasteiger partial charge in [-0.2, -0.15) is 4.98 Å². The fourth-order valence-corrected chi connectivity index (χ4v) is 0.948. The predicted octanol–water partition coefficient (Wildman–Crippen LogP) is -0.221. The zero-order valence-electron chi connectivity index (χ0n) is 8.73. The summed E-state index contributed by atoms with van der Waals surface area (Å²) in [4.78, 5) is 7.98. The molecule has 4 N–H and O–H groups in total. The van der Waals surface area contributed by atoms with Crippen LogP contribution in [-0.4, -0.2) is 22.6 Å². The Labute approximate surface area is 88.1 Å². The molecule has 0 bridgehead atoms. The number of nitrogens with two attached hydrogens (primary N) is 1. The second-order valence-corrected chi connectivity index (χ2v) is 2.94. The Hall–Kier alpha value is -1.63. The summed E-state index contributed by atoms with van der Waals surface area (Å²) in [6.45, 7) is 3.30. The third-order valence-corrected chi connectivity index (χ3v) is 1.75. The third kappa shape index (κ3) is 4.41. The van der Waals surface area contributed by atoms with Gasteiger partial charge in [0.05, 0.1) is 0 Å². The van der Waals surface area contributed by atoms with Crippen LogP contribution in [0.4, 0.5) is 0 Å². The summed E-state index contributed by atoms with van der Waals surface area (Å²) in [6.07, 6.45) is 3.46. The third-order valence-electron chi connectivity index (χ3n) is 1.75. The summed E-state index contributed by atoms with van der Waals surface area (Å²) in [7, 11) is 0. The number of unbranched alkanes of at least 4 members (excludes halogenated alkanes) is 1. The van der Waals surface area contributed by atoms with E-state index < -0.39 is 0 Å². The van der Waals surface area contributed by atoms with E-state index in [1.807, 2.05) is 0 Å². The molecule has 7 heteroatoms. The van der Waals surface area contributed by atoms with Crippen LogP contribution in [0.3, 0.4) is 0 Å². The van der Waals surface area contributed by atoms with Crippen LogP contribution in [-0.2, 0) is 6.54 Å². The fraction of sp³-hybridized carbons (Fsp3) is 0.625. The van der Waals surface area contributed by atoms with Gasteiger partial charge in [-0.1, -0.05) is 18.5 Å². The molecule has 15 heavy (non-hydrogen) atoms. The summed E-state index contributed by atoms with van der Waals surface area (Å²) in [5.41, 5.74) is 2.48. The van der Waals surface area contributed by atoms with E-state index in [4.69, 9.17) is 5.84 Å². The number of nitrogens with zero attached hydrogens (tertiary/aromatic N) is 3. The van der Waals surface area contributed by atoms with Crippen LogP contribution < -0.4 is 16.6 Å². The summed E-state index contributed by atoms with van der Waals surface area (Å²) in [5, 5.41) is 6.69. The molecule has 0 saturated carbocycles. The lowest BCUT2D eigenvalue weighted by molar-refractivity contribution is 0.410. The first-order valence-electron chi connectivity index (χ1n) is 4.87. The van der Waals surface area contributed by atoms with E-state index in [9.17, 15) is 0 Å². The van der Waals surface area contributed by atoms with Gasteiger partial charge in [0.1, 0.15) is 6.54 Å². The van der Waals surface area contributed by atoms with Crippen molar-refractivity contribution in [2.75, 3.05) is 6.54 Å². The Kier molecular flexibility index (Phi) is 5.16. The van der Waals surface area contributed by atoms with Crippen molar-refractivity contribution in [1.82, 2.24) is 20.9 Å². The van der Waals surface area contributed by atoms with Crippen molar-refractivity contribution in [3.8, 4) is 0 Å². The van der Waals surface area contributed by atoms with Crippen LogP contribution in [0.15, 0.2) is 15.9 Å². The molecular weight excluding hydrogens is 196 g/mol. The molecule has 0 aliphatic carbocycles. The number of nitrogens with one attached hydrogen (secondary N) is 2. The smallest absolute Gasteiger partial charge is 0.213 e. The molecule has 0 atom stereocenters. The molecule has 1 aromatic rings. The van der Waals surface area contributed by atoms with E-state index in [1.165, 1.54) is 6.39 Å². The first kappa shape index (κ1) is 11.4. The van der Waals surface area contributed by atoms with Gasteiger partial charge in [0.25, 0.3) is 0 Å². The van der Waals surface area contributed by atoms with Crippen LogP contribution in [0, 0.1) is 0 Å². The van der Waals surface area contributed by atoms with Crippen LogP contribution in [0.1, 0.15) is 25.6 Å². The van der Waals surface area contributed by atoms with E-state index in [-0.39, 0.29) is 0 Å². The topological polar surface area (TPSA) is 101 Å². The van der Waals surface area contributed by atoms with Gasteiger partial charge in [-0.25, -0.2) is 10.8 Å². The summed E-state index contributed by atoms with van der Waals surface area (Å²) >= 11 is 0. The van der Waals surface area contributed by atoms with Crippen molar-refractivity contribution in [3.05, 3.63) is 12.2 Å². The van der Waals surface area contributed by atoms with Crippen LogP contribution in [0.5, 0.6) is 0 Å². The predicted molar refractivity (Wildman–Crippen MR) is 55.7 cm³/mol. The van der Waals surface area contributed by atoms with Crippen LogP contribution in [0.2, 0.25) is 0 Å². The number of hydrogen-bond donors (Lipinski definition) is 3. The molecule has 84 valence electrons. The molecule has 0 aromatic carbocycles. The van der Waals surface area contributed by atoms with Gasteiger partial charge in [0.2, 0.25) is 12.4 Å². The molecule has 0 radical (unpaired) electrons. The van der Waals surface area contributed by atoms with Gasteiger partial charge < -0.3 is 9.84 Å². The lowest BCUT2D eigenvalue weighted by Gasteiger charge is -2.07. The molecule has 0 aliphatic rings. The summed E-state index contributed by atoms with van der Waals surface area (Å²) in [5.74, 6) is 6.35. The van der Waals surface area contributed by atoms with Crippen LogP contribution >= 0.6 is 0 Å². The Morgan fingerprint density at radius 1 is 1.67 bits per heavy atom. The van der Waals surface area contributed by atoms with Gasteiger partial charge in [-0.3, -0.25) is 5.43 Å².